The number of ketones is 1. The van der Waals surface area contributed by atoms with Crippen LogP contribution in [-0.4, -0.2) is 16.7 Å². The molecule has 0 saturated heterocycles. The van der Waals surface area contributed by atoms with Crippen LogP contribution in [0.2, 0.25) is 10.0 Å². The summed E-state index contributed by atoms with van der Waals surface area (Å²) in [5, 5.41) is 2.13. The van der Waals surface area contributed by atoms with Crippen LogP contribution in [0.25, 0.3) is 0 Å². The summed E-state index contributed by atoms with van der Waals surface area (Å²) in [4.78, 5) is 28.2. The fourth-order valence-corrected chi connectivity index (χ4v) is 3.14. The van der Waals surface area contributed by atoms with Crippen LogP contribution in [0.3, 0.4) is 0 Å². The standard InChI is InChI=1S/C17H12Cl2F2N2O2/c18-13-9(3-4-11(20)14(13)19)8-23-16(25)17(21)6-5-12(24)15-10(17)2-1-7-22-15/h1-4,7H,5-6,8H2,(H,23,25). The Balaban J connectivity index is 1.84. The second kappa shape index (κ2) is 6.69. The van der Waals surface area contributed by atoms with Crippen LogP contribution in [0.5, 0.6) is 0 Å². The maximum absolute atomic E-state index is 15.4. The molecule has 1 unspecified atom stereocenters. The number of carbonyl (C=O) groups excluding carboxylic acids is 2. The Labute approximate surface area is 152 Å². The summed E-state index contributed by atoms with van der Waals surface area (Å²) in [5.41, 5.74) is -2.10. The Morgan fingerprint density at radius 1 is 1.28 bits per heavy atom. The number of fused-ring (bicyclic) bond motifs is 1. The third kappa shape index (κ3) is 3.12. The monoisotopic (exact) mass is 384 g/mol. The predicted molar refractivity (Wildman–Crippen MR) is 88.9 cm³/mol. The summed E-state index contributed by atoms with van der Waals surface area (Å²) < 4.78 is 28.7. The number of carbonyl (C=O) groups is 2. The average Bonchev–Trinajstić information content (AvgIpc) is 2.62. The Morgan fingerprint density at radius 2 is 2.04 bits per heavy atom. The van der Waals surface area contributed by atoms with Crippen LogP contribution in [0.1, 0.15) is 34.5 Å². The highest BCUT2D eigenvalue weighted by atomic mass is 35.5. The third-order valence-electron chi connectivity index (χ3n) is 4.11. The van der Waals surface area contributed by atoms with E-state index in [1.807, 2.05) is 0 Å². The van der Waals surface area contributed by atoms with E-state index in [1.54, 1.807) is 0 Å². The lowest BCUT2D eigenvalue weighted by Gasteiger charge is -2.29. The molecule has 1 atom stereocenters. The lowest BCUT2D eigenvalue weighted by molar-refractivity contribution is -0.134. The molecule has 1 heterocycles. The zero-order valence-electron chi connectivity index (χ0n) is 12.8. The molecule has 130 valence electrons. The summed E-state index contributed by atoms with van der Waals surface area (Å²) in [5.74, 6) is -1.90. The van der Waals surface area contributed by atoms with E-state index in [2.05, 4.69) is 10.3 Å². The van der Waals surface area contributed by atoms with E-state index < -0.39 is 17.4 Å². The quantitative estimate of drug-likeness (QED) is 0.814. The number of hydrogen-bond donors (Lipinski definition) is 1. The van der Waals surface area contributed by atoms with Crippen LogP contribution in [0.4, 0.5) is 8.78 Å². The molecular formula is C17H12Cl2F2N2O2. The Kier molecular flexibility index (Phi) is 4.75. The topological polar surface area (TPSA) is 59.1 Å². The molecular weight excluding hydrogens is 373 g/mol. The summed E-state index contributed by atoms with van der Waals surface area (Å²) in [6, 6.07) is 5.31. The van der Waals surface area contributed by atoms with Gasteiger partial charge in [-0.1, -0.05) is 35.3 Å². The molecule has 0 spiro atoms. The van der Waals surface area contributed by atoms with Crippen LogP contribution in [0, 0.1) is 5.82 Å². The molecule has 0 saturated carbocycles. The number of amides is 1. The van der Waals surface area contributed by atoms with E-state index in [4.69, 9.17) is 23.2 Å². The Morgan fingerprint density at radius 3 is 2.80 bits per heavy atom. The number of rotatable bonds is 3. The number of pyridine rings is 1. The van der Waals surface area contributed by atoms with Crippen molar-refractivity contribution in [1.82, 2.24) is 10.3 Å². The van der Waals surface area contributed by atoms with Gasteiger partial charge in [-0.05, 0) is 17.7 Å². The number of Topliss-reactive ketones (excluding diaryl/α,β-unsaturated/α-hetero) is 1. The fourth-order valence-electron chi connectivity index (χ4n) is 2.74. The molecule has 3 rings (SSSR count). The zero-order valence-corrected chi connectivity index (χ0v) is 14.3. The third-order valence-corrected chi connectivity index (χ3v) is 5.01. The molecule has 0 aliphatic heterocycles. The number of halogens is 4. The molecule has 1 aromatic heterocycles. The lowest BCUT2D eigenvalue weighted by atomic mass is 9.81. The number of benzene rings is 1. The molecule has 1 N–H and O–H groups in total. The second-order valence-electron chi connectivity index (χ2n) is 5.64. The molecule has 1 amide bonds. The number of aromatic nitrogens is 1. The summed E-state index contributed by atoms with van der Waals surface area (Å²) in [7, 11) is 0. The highest BCUT2D eigenvalue weighted by Gasteiger charge is 2.46. The van der Waals surface area contributed by atoms with Crippen LogP contribution in [-0.2, 0) is 17.0 Å². The minimum atomic E-state index is -2.37. The first-order valence-corrected chi connectivity index (χ1v) is 8.18. The van der Waals surface area contributed by atoms with Crippen molar-refractivity contribution in [2.24, 2.45) is 0 Å². The van der Waals surface area contributed by atoms with Gasteiger partial charge >= 0.3 is 0 Å². The van der Waals surface area contributed by atoms with Crippen molar-refractivity contribution in [3.63, 3.8) is 0 Å². The molecule has 1 aromatic carbocycles. The molecule has 1 aliphatic carbocycles. The van der Waals surface area contributed by atoms with Gasteiger partial charge in [-0.15, -0.1) is 0 Å². The Bertz CT molecular complexity index is 876. The normalized spacial score (nSPS) is 19.4. The number of hydrogen-bond acceptors (Lipinski definition) is 3. The van der Waals surface area contributed by atoms with Gasteiger partial charge in [0.05, 0.1) is 10.0 Å². The van der Waals surface area contributed by atoms with Gasteiger partial charge in [0.15, 0.2) is 5.78 Å². The summed E-state index contributed by atoms with van der Waals surface area (Å²) in [6.45, 7) is -0.132. The Hall–Kier alpha value is -2.05. The van der Waals surface area contributed by atoms with Crippen LogP contribution < -0.4 is 5.32 Å². The number of nitrogens with zero attached hydrogens (tertiary/aromatic N) is 1. The van der Waals surface area contributed by atoms with E-state index in [1.165, 1.54) is 24.4 Å². The van der Waals surface area contributed by atoms with E-state index in [-0.39, 0.29) is 46.5 Å². The van der Waals surface area contributed by atoms with Gasteiger partial charge in [0, 0.05) is 31.1 Å². The fraction of sp³-hybridized carbons (Fsp3) is 0.235. The van der Waals surface area contributed by atoms with E-state index >= 15 is 4.39 Å². The molecule has 0 radical (unpaired) electrons. The maximum Gasteiger partial charge on any atom is 0.262 e. The maximum atomic E-state index is 15.4. The van der Waals surface area contributed by atoms with Gasteiger partial charge in [-0.2, -0.15) is 0 Å². The van der Waals surface area contributed by atoms with Crippen LogP contribution >= 0.6 is 23.2 Å². The van der Waals surface area contributed by atoms with Crippen molar-refractivity contribution in [2.75, 3.05) is 0 Å². The molecule has 0 fully saturated rings. The molecule has 25 heavy (non-hydrogen) atoms. The first kappa shape index (κ1) is 17.8. The lowest BCUT2D eigenvalue weighted by Crippen LogP contribution is -2.44. The average molecular weight is 385 g/mol. The van der Waals surface area contributed by atoms with Gasteiger partial charge in [0.25, 0.3) is 5.91 Å². The van der Waals surface area contributed by atoms with E-state index in [9.17, 15) is 14.0 Å². The van der Waals surface area contributed by atoms with Crippen molar-refractivity contribution in [3.05, 3.63) is 63.1 Å². The highest BCUT2D eigenvalue weighted by molar-refractivity contribution is 6.42. The zero-order chi connectivity index (χ0) is 18.2. The second-order valence-corrected chi connectivity index (χ2v) is 6.40. The minimum Gasteiger partial charge on any atom is -0.349 e. The van der Waals surface area contributed by atoms with Crippen molar-refractivity contribution in [1.29, 1.82) is 0 Å². The molecule has 2 aromatic rings. The van der Waals surface area contributed by atoms with Crippen molar-refractivity contribution in [2.45, 2.75) is 25.1 Å². The molecule has 0 bridgehead atoms. The van der Waals surface area contributed by atoms with Gasteiger partial charge < -0.3 is 5.32 Å². The molecule has 4 nitrogen and oxygen atoms in total. The summed E-state index contributed by atoms with van der Waals surface area (Å²) in [6.07, 6.45) is 0.992. The SMILES string of the molecule is O=C1CCC(F)(C(=O)NCc2ccc(F)c(Cl)c2Cl)c2cccnc21. The van der Waals surface area contributed by atoms with Crippen LogP contribution in [0.15, 0.2) is 30.5 Å². The van der Waals surface area contributed by atoms with Crippen molar-refractivity contribution in [3.8, 4) is 0 Å². The van der Waals surface area contributed by atoms with Crippen molar-refractivity contribution >= 4 is 34.9 Å². The number of nitrogens with one attached hydrogen (secondary N) is 1. The van der Waals surface area contributed by atoms with Gasteiger partial charge in [-0.3, -0.25) is 14.6 Å². The first-order chi connectivity index (χ1) is 11.8. The van der Waals surface area contributed by atoms with E-state index in [0.717, 1.165) is 6.07 Å². The largest absolute Gasteiger partial charge is 0.349 e. The first-order valence-electron chi connectivity index (χ1n) is 7.43. The number of alkyl halides is 1. The smallest absolute Gasteiger partial charge is 0.262 e. The van der Waals surface area contributed by atoms with Gasteiger partial charge in [0.1, 0.15) is 11.5 Å². The van der Waals surface area contributed by atoms with Crippen molar-refractivity contribution < 1.29 is 18.4 Å². The predicted octanol–water partition coefficient (Wildman–Crippen LogP) is 3.99. The molecule has 1 aliphatic rings. The minimum absolute atomic E-state index is 0.0331. The van der Waals surface area contributed by atoms with E-state index in [0.29, 0.717) is 5.56 Å². The highest BCUT2D eigenvalue weighted by Crippen LogP contribution is 2.38. The van der Waals surface area contributed by atoms with Gasteiger partial charge in [-0.25, -0.2) is 8.78 Å². The van der Waals surface area contributed by atoms with Gasteiger partial charge in [0.2, 0.25) is 5.67 Å². The summed E-state index contributed by atoms with van der Waals surface area (Å²) >= 11 is 11.6. The molecule has 8 heteroatoms.